The molecule has 0 saturated carbocycles. The lowest BCUT2D eigenvalue weighted by Crippen LogP contribution is -2.44. The first kappa shape index (κ1) is 15.9. The number of ether oxygens (including phenoxy) is 1. The Balaban J connectivity index is 1.69. The number of carbonyl (C=O) groups excluding carboxylic acids is 1. The number of nitrogens with one attached hydrogen (secondary N) is 1. The molecule has 130 valence electrons. The van der Waals surface area contributed by atoms with Crippen molar-refractivity contribution in [3.8, 4) is 0 Å². The average Bonchev–Trinajstić information content (AvgIpc) is 2.66. The molecule has 2 aromatic carbocycles. The molecule has 0 radical (unpaired) electrons. The van der Waals surface area contributed by atoms with Crippen LogP contribution in [0.5, 0.6) is 0 Å². The lowest BCUT2D eigenvalue weighted by atomic mass is 10.1. The zero-order chi connectivity index (χ0) is 17.2. The summed E-state index contributed by atoms with van der Waals surface area (Å²) in [7, 11) is 0. The molecule has 0 unspecified atom stereocenters. The highest BCUT2D eigenvalue weighted by Crippen LogP contribution is 2.35. The molecule has 2 heterocycles. The summed E-state index contributed by atoms with van der Waals surface area (Å²) in [5.74, 6) is -0.319. The fourth-order valence-electron chi connectivity index (χ4n) is 3.42. The molecule has 1 saturated heterocycles. The Morgan fingerprint density at radius 1 is 1.04 bits per heavy atom. The summed E-state index contributed by atoms with van der Waals surface area (Å²) in [6, 6.07) is 12.4. The van der Waals surface area contributed by atoms with Crippen LogP contribution in [0.25, 0.3) is 0 Å². The maximum Gasteiger partial charge on any atom is 0.414 e. The number of amides is 1. The molecule has 0 aromatic heterocycles. The zero-order valence-electron chi connectivity index (χ0n) is 13.9. The Morgan fingerprint density at radius 3 is 2.60 bits per heavy atom. The van der Waals surface area contributed by atoms with Crippen molar-refractivity contribution in [1.29, 1.82) is 0 Å². The Labute approximate surface area is 146 Å². The number of piperazine rings is 1. The minimum Gasteiger partial charge on any atom is -0.444 e. The number of anilines is 2. The van der Waals surface area contributed by atoms with E-state index < -0.39 is 6.09 Å². The first-order valence-corrected chi connectivity index (χ1v) is 8.49. The summed E-state index contributed by atoms with van der Waals surface area (Å²) in [5, 5.41) is 3.34. The molecule has 0 bridgehead atoms. The largest absolute Gasteiger partial charge is 0.444 e. The van der Waals surface area contributed by atoms with Crippen molar-refractivity contribution < 1.29 is 13.9 Å². The van der Waals surface area contributed by atoms with Gasteiger partial charge >= 0.3 is 6.09 Å². The third kappa shape index (κ3) is 3.05. The van der Waals surface area contributed by atoms with Gasteiger partial charge in [-0.05, 0) is 18.2 Å². The number of carbonyl (C=O) groups is 1. The molecule has 25 heavy (non-hydrogen) atoms. The topological polar surface area (TPSA) is 44.8 Å². The highest BCUT2D eigenvalue weighted by atomic mass is 19.1. The molecule has 0 atom stereocenters. The molecule has 1 amide bonds. The SMILES string of the molecule is O=C1OCc2c(N3CCNCC3)cccc2N1Cc1ccccc1F. The predicted octanol–water partition coefficient (Wildman–Crippen LogP) is 2.89. The second-order valence-corrected chi connectivity index (χ2v) is 6.24. The van der Waals surface area contributed by atoms with Crippen LogP contribution in [-0.2, 0) is 17.9 Å². The number of halogens is 1. The minimum atomic E-state index is -0.437. The number of benzene rings is 2. The van der Waals surface area contributed by atoms with Gasteiger partial charge in [-0.25, -0.2) is 9.18 Å². The van der Waals surface area contributed by atoms with Gasteiger partial charge in [0.15, 0.2) is 0 Å². The molecular formula is C19H20FN3O2. The normalized spacial score (nSPS) is 17.2. The molecular weight excluding hydrogens is 321 g/mol. The van der Waals surface area contributed by atoms with Crippen LogP contribution in [0.4, 0.5) is 20.6 Å². The van der Waals surface area contributed by atoms with Gasteiger partial charge in [0.2, 0.25) is 0 Å². The lowest BCUT2D eigenvalue weighted by Gasteiger charge is -2.35. The van der Waals surface area contributed by atoms with Crippen molar-refractivity contribution in [1.82, 2.24) is 5.32 Å². The lowest BCUT2D eigenvalue weighted by molar-refractivity contribution is 0.141. The van der Waals surface area contributed by atoms with E-state index in [1.54, 1.807) is 18.2 Å². The second-order valence-electron chi connectivity index (χ2n) is 6.24. The summed E-state index contributed by atoms with van der Waals surface area (Å²) >= 11 is 0. The van der Waals surface area contributed by atoms with Gasteiger partial charge in [0, 0.05) is 43.0 Å². The monoisotopic (exact) mass is 341 g/mol. The number of cyclic esters (lactones) is 1. The Hall–Kier alpha value is -2.60. The standard InChI is InChI=1S/C19H20FN3O2/c20-16-5-2-1-4-14(16)12-23-18-7-3-6-17(15(18)13-25-19(23)24)22-10-8-21-9-11-22/h1-7,21H,8-13H2. The average molecular weight is 341 g/mol. The Kier molecular flexibility index (Phi) is 4.28. The van der Waals surface area contributed by atoms with Gasteiger partial charge in [0.1, 0.15) is 12.4 Å². The van der Waals surface area contributed by atoms with E-state index in [1.165, 1.54) is 11.0 Å². The molecule has 2 aliphatic rings. The van der Waals surface area contributed by atoms with Crippen LogP contribution >= 0.6 is 0 Å². The maximum atomic E-state index is 14.0. The summed E-state index contributed by atoms with van der Waals surface area (Å²) in [6.07, 6.45) is -0.437. The number of nitrogens with zero attached hydrogens (tertiary/aromatic N) is 2. The smallest absolute Gasteiger partial charge is 0.414 e. The fraction of sp³-hybridized carbons (Fsp3) is 0.316. The quantitative estimate of drug-likeness (QED) is 0.932. The Morgan fingerprint density at radius 2 is 1.80 bits per heavy atom. The fourth-order valence-corrected chi connectivity index (χ4v) is 3.42. The third-order valence-electron chi connectivity index (χ3n) is 4.72. The highest BCUT2D eigenvalue weighted by Gasteiger charge is 2.29. The predicted molar refractivity (Wildman–Crippen MR) is 94.3 cm³/mol. The zero-order valence-corrected chi connectivity index (χ0v) is 13.9. The van der Waals surface area contributed by atoms with Gasteiger partial charge in [-0.15, -0.1) is 0 Å². The molecule has 6 heteroatoms. The van der Waals surface area contributed by atoms with E-state index in [0.29, 0.717) is 5.56 Å². The molecule has 4 rings (SSSR count). The molecule has 1 fully saturated rings. The number of fused-ring (bicyclic) bond motifs is 1. The van der Waals surface area contributed by atoms with E-state index >= 15 is 0 Å². The molecule has 2 aromatic rings. The molecule has 2 aliphatic heterocycles. The molecule has 0 aliphatic carbocycles. The van der Waals surface area contributed by atoms with E-state index in [-0.39, 0.29) is 19.0 Å². The highest BCUT2D eigenvalue weighted by molar-refractivity contribution is 5.92. The number of rotatable bonds is 3. The van der Waals surface area contributed by atoms with Crippen LogP contribution in [0.1, 0.15) is 11.1 Å². The summed E-state index contributed by atoms with van der Waals surface area (Å²) in [4.78, 5) is 16.1. The van der Waals surface area contributed by atoms with Crippen LogP contribution in [0.15, 0.2) is 42.5 Å². The molecule has 0 spiro atoms. The van der Waals surface area contributed by atoms with Crippen LogP contribution in [-0.4, -0.2) is 32.3 Å². The second kappa shape index (κ2) is 6.72. The van der Waals surface area contributed by atoms with Gasteiger partial charge in [-0.1, -0.05) is 24.3 Å². The van der Waals surface area contributed by atoms with Crippen molar-refractivity contribution in [3.63, 3.8) is 0 Å². The maximum absolute atomic E-state index is 14.0. The van der Waals surface area contributed by atoms with E-state index in [9.17, 15) is 9.18 Å². The summed E-state index contributed by atoms with van der Waals surface area (Å²) < 4.78 is 19.4. The Bertz CT molecular complexity index is 790. The van der Waals surface area contributed by atoms with E-state index in [2.05, 4.69) is 16.3 Å². The minimum absolute atomic E-state index is 0.156. The van der Waals surface area contributed by atoms with Gasteiger partial charge in [-0.2, -0.15) is 0 Å². The van der Waals surface area contributed by atoms with Crippen LogP contribution in [0, 0.1) is 5.82 Å². The van der Waals surface area contributed by atoms with Gasteiger partial charge in [-0.3, -0.25) is 4.90 Å². The summed E-state index contributed by atoms with van der Waals surface area (Å²) in [5.41, 5.74) is 3.35. The van der Waals surface area contributed by atoms with Gasteiger partial charge in [0.25, 0.3) is 0 Å². The van der Waals surface area contributed by atoms with Crippen LogP contribution < -0.4 is 15.1 Å². The van der Waals surface area contributed by atoms with Crippen LogP contribution in [0.2, 0.25) is 0 Å². The van der Waals surface area contributed by atoms with E-state index in [4.69, 9.17) is 4.74 Å². The van der Waals surface area contributed by atoms with E-state index in [0.717, 1.165) is 43.1 Å². The van der Waals surface area contributed by atoms with E-state index in [1.807, 2.05) is 12.1 Å². The van der Waals surface area contributed by atoms with Gasteiger partial charge < -0.3 is 15.0 Å². The van der Waals surface area contributed by atoms with Crippen molar-refractivity contribution in [2.45, 2.75) is 13.2 Å². The van der Waals surface area contributed by atoms with Crippen LogP contribution in [0.3, 0.4) is 0 Å². The first-order chi connectivity index (χ1) is 12.2. The molecule has 5 nitrogen and oxygen atoms in total. The van der Waals surface area contributed by atoms with Crippen molar-refractivity contribution in [3.05, 3.63) is 59.4 Å². The number of hydrogen-bond acceptors (Lipinski definition) is 4. The van der Waals surface area contributed by atoms with Crippen molar-refractivity contribution in [2.75, 3.05) is 36.0 Å². The number of hydrogen-bond donors (Lipinski definition) is 1. The summed E-state index contributed by atoms with van der Waals surface area (Å²) in [6.45, 7) is 4.10. The molecule has 1 N–H and O–H groups in total. The van der Waals surface area contributed by atoms with Gasteiger partial charge in [0.05, 0.1) is 12.2 Å². The van der Waals surface area contributed by atoms with Crippen molar-refractivity contribution in [2.24, 2.45) is 0 Å². The third-order valence-corrected chi connectivity index (χ3v) is 4.72. The first-order valence-electron chi connectivity index (χ1n) is 8.49. The van der Waals surface area contributed by atoms with Crippen molar-refractivity contribution >= 4 is 17.5 Å².